The number of hydrogen-bond donors (Lipinski definition) is 3. The molecule has 4 aliphatic rings. The Morgan fingerprint density at radius 2 is 1.86 bits per heavy atom. The molecule has 312 valence electrons. The second-order valence-electron chi connectivity index (χ2n) is 17.5. The topological polar surface area (TPSA) is 182 Å². The quantitative estimate of drug-likeness (QED) is 0.261. The third kappa shape index (κ3) is 9.45. The van der Waals surface area contributed by atoms with Gasteiger partial charge in [-0.05, 0) is 96.6 Å². The number of alkyl carbamates (subject to hydrolysis) is 1. The lowest BCUT2D eigenvalue weighted by molar-refractivity contribution is -0.142. The van der Waals surface area contributed by atoms with E-state index in [1.807, 2.05) is 32.1 Å². The van der Waals surface area contributed by atoms with Crippen molar-refractivity contribution < 1.29 is 41.8 Å². The van der Waals surface area contributed by atoms with Crippen LogP contribution in [0.1, 0.15) is 99.8 Å². The minimum absolute atomic E-state index is 0.000126. The molecule has 2 aliphatic carbocycles. The number of pyridine rings is 1. The Balaban J connectivity index is 1.37. The van der Waals surface area contributed by atoms with E-state index < -0.39 is 73.8 Å². The van der Waals surface area contributed by atoms with Crippen molar-refractivity contribution in [1.29, 1.82) is 0 Å². The van der Waals surface area contributed by atoms with E-state index in [0.717, 1.165) is 12.8 Å². The molecule has 2 aromatic rings. The number of allylic oxidation sites excluding steroid dienone is 1. The fourth-order valence-electron chi connectivity index (χ4n) is 7.75. The molecular formula is C41H56ClN5O9S. The highest BCUT2D eigenvalue weighted by atomic mass is 35.5. The van der Waals surface area contributed by atoms with Crippen molar-refractivity contribution in [2.45, 2.75) is 134 Å². The average molecular weight is 830 g/mol. The molecular weight excluding hydrogens is 774 g/mol. The Bertz CT molecular complexity index is 2030. The number of carbonyl (C=O) groups is 4. The molecule has 2 saturated carbocycles. The van der Waals surface area contributed by atoms with E-state index in [0.29, 0.717) is 54.0 Å². The first kappa shape index (κ1) is 42.5. The van der Waals surface area contributed by atoms with E-state index >= 15 is 0 Å². The largest absolute Gasteiger partial charge is 0.478 e. The minimum atomic E-state index is -4.01. The number of benzene rings is 1. The number of nitrogens with one attached hydrogen (secondary N) is 3. The maximum atomic E-state index is 14.9. The molecule has 1 aromatic carbocycles. The summed E-state index contributed by atoms with van der Waals surface area (Å²) in [6.45, 7) is 13.1. The zero-order valence-corrected chi connectivity index (χ0v) is 35.4. The van der Waals surface area contributed by atoms with Crippen LogP contribution in [0.3, 0.4) is 0 Å². The van der Waals surface area contributed by atoms with Gasteiger partial charge in [-0.25, -0.2) is 13.2 Å². The van der Waals surface area contributed by atoms with Crippen LogP contribution in [0, 0.1) is 17.8 Å². The number of rotatable bonds is 9. The van der Waals surface area contributed by atoms with Gasteiger partial charge in [0.05, 0.1) is 17.9 Å². The van der Waals surface area contributed by atoms with Crippen molar-refractivity contribution >= 4 is 56.2 Å². The number of ether oxygens (including phenoxy) is 3. The third-order valence-electron chi connectivity index (χ3n) is 11.4. The number of amides is 4. The van der Waals surface area contributed by atoms with Crippen LogP contribution in [0.15, 0.2) is 36.4 Å². The van der Waals surface area contributed by atoms with Gasteiger partial charge in [-0.3, -0.25) is 19.1 Å². The number of aromatic nitrogens is 1. The summed E-state index contributed by atoms with van der Waals surface area (Å²) in [5.74, 6) is -2.16. The number of hydrogen-bond acceptors (Lipinski definition) is 10. The maximum absolute atomic E-state index is 14.9. The van der Waals surface area contributed by atoms with E-state index in [2.05, 4.69) is 27.3 Å². The van der Waals surface area contributed by atoms with Gasteiger partial charge in [0.15, 0.2) is 0 Å². The predicted molar refractivity (Wildman–Crippen MR) is 215 cm³/mol. The predicted octanol–water partition coefficient (Wildman–Crippen LogP) is 5.80. The molecule has 4 amide bonds. The number of carbonyl (C=O) groups excluding carboxylic acids is 4. The van der Waals surface area contributed by atoms with Gasteiger partial charge in [0.2, 0.25) is 33.6 Å². The fourth-order valence-corrected chi connectivity index (χ4v) is 9.29. The standard InChI is InChI=1S/C41H56ClN5O9S/c1-8-18-54-32-21-29-28(14-11-15-30(29)42)35(43-32)55-27-20-31-34(48)45-41(37(50)46-57(52,53)40(7)16-17-40)22-26(41)13-10-9-12-24(2)19-25(3)33(36(49)47(31)23-27)44-38(51)56-39(4,5)6/h10-11,13-15,21,24-27,31,33H,8-9,12,16-20,22-23H2,1-7H3,(H,44,51)(H,45,48)(H,46,50)/b13-10-/t24-,25-,26-,27-,31+,33+,41-/m1/s1. The van der Waals surface area contributed by atoms with E-state index in [-0.39, 0.29) is 37.1 Å². The van der Waals surface area contributed by atoms with Crippen LogP contribution < -0.4 is 24.8 Å². The Hall–Kier alpha value is -4.11. The smallest absolute Gasteiger partial charge is 0.408 e. The van der Waals surface area contributed by atoms with Crippen LogP contribution in [0.2, 0.25) is 5.02 Å². The van der Waals surface area contributed by atoms with Crippen LogP contribution in [0.25, 0.3) is 10.8 Å². The summed E-state index contributed by atoms with van der Waals surface area (Å²) in [5, 5.41) is 7.43. The summed E-state index contributed by atoms with van der Waals surface area (Å²) < 4.78 is 45.7. The van der Waals surface area contributed by atoms with Crippen LogP contribution >= 0.6 is 11.6 Å². The Morgan fingerprint density at radius 1 is 1.12 bits per heavy atom. The Kier molecular flexibility index (Phi) is 12.1. The van der Waals surface area contributed by atoms with Crippen molar-refractivity contribution in [1.82, 2.24) is 25.2 Å². The van der Waals surface area contributed by atoms with Crippen molar-refractivity contribution in [2.75, 3.05) is 13.2 Å². The molecule has 6 rings (SSSR count). The summed E-state index contributed by atoms with van der Waals surface area (Å²) in [4.78, 5) is 62.7. The van der Waals surface area contributed by atoms with Crippen molar-refractivity contribution in [3.63, 3.8) is 0 Å². The van der Waals surface area contributed by atoms with Crippen molar-refractivity contribution in [3.8, 4) is 11.8 Å². The monoisotopic (exact) mass is 829 g/mol. The summed E-state index contributed by atoms with van der Waals surface area (Å²) in [7, 11) is -4.01. The zero-order chi connectivity index (χ0) is 41.5. The van der Waals surface area contributed by atoms with Gasteiger partial charge < -0.3 is 29.7 Å². The average Bonchev–Trinajstić information content (AvgIpc) is 4.00. The Morgan fingerprint density at radius 3 is 2.54 bits per heavy atom. The highest BCUT2D eigenvalue weighted by Gasteiger charge is 2.63. The van der Waals surface area contributed by atoms with Gasteiger partial charge in [0.1, 0.15) is 29.3 Å². The SMILES string of the molecule is CCCOc1cc2c(Cl)cccc2c(O[C@@H]2C[C@H]3C(=O)N[C@]4(C(=O)NS(=O)(=O)C5(C)CC5)C[C@H]4/C=C\CC[C@@H](C)C[C@@H](C)[C@H](NC(=O)OC(C)(C)C)C(=O)N3C2)n1. The molecule has 2 aliphatic heterocycles. The molecule has 0 bridgehead atoms. The molecule has 1 saturated heterocycles. The first-order valence-corrected chi connectivity index (χ1v) is 21.9. The molecule has 0 unspecified atom stereocenters. The normalized spacial score (nSPS) is 29.4. The highest BCUT2D eigenvalue weighted by molar-refractivity contribution is 7.91. The van der Waals surface area contributed by atoms with Gasteiger partial charge in [-0.2, -0.15) is 4.98 Å². The van der Waals surface area contributed by atoms with Crippen LogP contribution in [0.5, 0.6) is 11.8 Å². The number of sulfonamides is 1. The molecule has 3 heterocycles. The van der Waals surface area contributed by atoms with Gasteiger partial charge >= 0.3 is 6.09 Å². The first-order chi connectivity index (χ1) is 26.8. The van der Waals surface area contributed by atoms with Gasteiger partial charge in [0.25, 0.3) is 5.91 Å². The fraction of sp³-hybridized carbons (Fsp3) is 0.634. The first-order valence-electron chi connectivity index (χ1n) is 20.0. The molecule has 0 radical (unpaired) electrons. The van der Waals surface area contributed by atoms with Crippen LogP contribution in [-0.2, 0) is 29.1 Å². The lowest BCUT2D eigenvalue weighted by atomic mass is 9.88. The van der Waals surface area contributed by atoms with E-state index in [1.165, 1.54) is 4.90 Å². The minimum Gasteiger partial charge on any atom is -0.478 e. The van der Waals surface area contributed by atoms with Crippen molar-refractivity contribution in [2.24, 2.45) is 17.8 Å². The number of nitrogens with zero attached hydrogens (tertiary/aromatic N) is 2. The second-order valence-corrected chi connectivity index (χ2v) is 20.1. The van der Waals surface area contributed by atoms with Crippen molar-refractivity contribution in [3.05, 3.63) is 41.4 Å². The number of halogens is 1. The molecule has 7 atom stereocenters. The molecule has 14 nitrogen and oxygen atoms in total. The molecule has 3 N–H and O–H groups in total. The zero-order valence-electron chi connectivity index (χ0n) is 33.9. The number of fused-ring (bicyclic) bond motifs is 3. The summed E-state index contributed by atoms with van der Waals surface area (Å²) in [6, 6.07) is 4.82. The van der Waals surface area contributed by atoms with Gasteiger partial charge in [-0.1, -0.05) is 50.6 Å². The lowest BCUT2D eigenvalue weighted by Crippen LogP contribution is -2.59. The molecule has 1 aromatic heterocycles. The lowest BCUT2D eigenvalue weighted by Gasteiger charge is -2.33. The molecule has 3 fully saturated rings. The molecule has 16 heteroatoms. The highest BCUT2D eigenvalue weighted by Crippen LogP contribution is 2.48. The van der Waals surface area contributed by atoms with E-state index in [1.54, 1.807) is 45.9 Å². The molecule has 0 spiro atoms. The van der Waals surface area contributed by atoms with E-state index in [9.17, 15) is 27.6 Å². The van der Waals surface area contributed by atoms with Crippen LogP contribution in [-0.4, -0.2) is 89.3 Å². The van der Waals surface area contributed by atoms with Gasteiger partial charge in [0, 0.05) is 34.2 Å². The third-order valence-corrected chi connectivity index (χ3v) is 13.9. The molecule has 57 heavy (non-hydrogen) atoms. The van der Waals surface area contributed by atoms with Gasteiger partial charge in [-0.15, -0.1) is 0 Å². The summed E-state index contributed by atoms with van der Waals surface area (Å²) in [5.41, 5.74) is -2.38. The summed E-state index contributed by atoms with van der Waals surface area (Å²) >= 11 is 6.60. The second kappa shape index (κ2) is 16.3. The van der Waals surface area contributed by atoms with Crippen LogP contribution in [0.4, 0.5) is 4.79 Å². The summed E-state index contributed by atoms with van der Waals surface area (Å²) in [6.07, 6.45) is 6.07. The van der Waals surface area contributed by atoms with E-state index in [4.69, 9.17) is 25.8 Å². The maximum Gasteiger partial charge on any atom is 0.408 e. The Labute approximate surface area is 340 Å².